The van der Waals surface area contributed by atoms with Crippen LogP contribution in [0.3, 0.4) is 0 Å². The first-order chi connectivity index (χ1) is 13.7. The molecule has 2 fully saturated rings. The summed E-state index contributed by atoms with van der Waals surface area (Å²) in [5.74, 6) is 2.18. The number of hydrogen-bond acceptors (Lipinski definition) is 1. The Bertz CT molecular complexity index is 641. The Labute approximate surface area is 185 Å². The minimum atomic E-state index is 0.394. The Morgan fingerprint density at radius 1 is 1.03 bits per heavy atom. The van der Waals surface area contributed by atoms with Gasteiger partial charge >= 0.3 is 0 Å². The van der Waals surface area contributed by atoms with Gasteiger partial charge in [-0.15, -0.1) is 0 Å². The molecule has 0 amide bonds. The van der Waals surface area contributed by atoms with Gasteiger partial charge in [0.25, 0.3) is 0 Å². The van der Waals surface area contributed by atoms with Crippen LogP contribution in [-0.2, 0) is 6.42 Å². The van der Waals surface area contributed by atoms with Gasteiger partial charge in [-0.25, -0.2) is 0 Å². The quantitative estimate of drug-likeness (QED) is 0.475. The lowest BCUT2D eigenvalue weighted by atomic mass is 9.60. The molecule has 3 rings (SSSR count). The highest BCUT2D eigenvalue weighted by molar-refractivity contribution is 6.31. The number of benzene rings is 1. The molecule has 0 aliphatic heterocycles. The molecule has 2 aliphatic rings. The lowest BCUT2D eigenvalue weighted by Gasteiger charge is -2.45. The van der Waals surface area contributed by atoms with Crippen molar-refractivity contribution in [3.8, 4) is 0 Å². The summed E-state index contributed by atoms with van der Waals surface area (Å²) in [7, 11) is 0. The second-order valence-electron chi connectivity index (χ2n) is 11.8. The Morgan fingerprint density at radius 3 is 2.28 bits per heavy atom. The molecule has 0 radical (unpaired) electrons. The van der Waals surface area contributed by atoms with Crippen molar-refractivity contribution in [2.24, 2.45) is 28.4 Å². The molecule has 2 N–H and O–H groups in total. The molecule has 164 valence electrons. The van der Waals surface area contributed by atoms with Crippen molar-refractivity contribution >= 4 is 11.6 Å². The van der Waals surface area contributed by atoms with Gasteiger partial charge < -0.3 is 5.73 Å². The normalized spacial score (nSPS) is 23.8. The third-order valence-electron chi connectivity index (χ3n) is 7.72. The van der Waals surface area contributed by atoms with Gasteiger partial charge in [-0.1, -0.05) is 83.5 Å². The Morgan fingerprint density at radius 2 is 1.69 bits per heavy atom. The lowest BCUT2D eigenvalue weighted by Crippen LogP contribution is -2.33. The zero-order valence-corrected chi connectivity index (χ0v) is 20.2. The summed E-state index contributed by atoms with van der Waals surface area (Å²) in [6.07, 6.45) is 14.5. The minimum Gasteiger partial charge on any atom is -0.330 e. The van der Waals surface area contributed by atoms with E-state index in [1.54, 1.807) is 0 Å². The highest BCUT2D eigenvalue weighted by Gasteiger charge is 2.39. The SMILES string of the molecule is CC1(C)CC(c2ccc(CCCC(CN)C3CCCCC3)cc2Cl)CC(C)(C)C1. The van der Waals surface area contributed by atoms with Crippen molar-refractivity contribution in [2.75, 3.05) is 6.54 Å². The van der Waals surface area contributed by atoms with Gasteiger partial charge in [-0.3, -0.25) is 0 Å². The minimum absolute atomic E-state index is 0.394. The topological polar surface area (TPSA) is 26.0 Å². The van der Waals surface area contributed by atoms with Gasteiger partial charge in [0.15, 0.2) is 0 Å². The summed E-state index contributed by atoms with van der Waals surface area (Å²) in [6, 6.07) is 6.93. The molecule has 1 nitrogen and oxygen atoms in total. The van der Waals surface area contributed by atoms with Crippen LogP contribution in [-0.4, -0.2) is 6.54 Å². The number of rotatable bonds is 7. The fourth-order valence-corrected chi connectivity index (χ4v) is 7.20. The lowest BCUT2D eigenvalue weighted by molar-refractivity contribution is 0.0969. The maximum Gasteiger partial charge on any atom is 0.0443 e. The van der Waals surface area contributed by atoms with Gasteiger partial charge in [0.1, 0.15) is 0 Å². The molecule has 0 heterocycles. The third-order valence-corrected chi connectivity index (χ3v) is 8.05. The fraction of sp³-hybridized carbons (Fsp3) is 0.778. The molecule has 1 aromatic rings. The van der Waals surface area contributed by atoms with Crippen molar-refractivity contribution in [1.29, 1.82) is 0 Å². The van der Waals surface area contributed by atoms with E-state index in [0.29, 0.717) is 16.7 Å². The maximum absolute atomic E-state index is 6.82. The number of hydrogen-bond donors (Lipinski definition) is 1. The second-order valence-corrected chi connectivity index (χ2v) is 12.2. The Hall–Kier alpha value is -0.530. The van der Waals surface area contributed by atoms with Crippen LogP contribution in [0.2, 0.25) is 5.02 Å². The van der Waals surface area contributed by atoms with E-state index in [0.717, 1.165) is 29.8 Å². The average molecular weight is 418 g/mol. The van der Waals surface area contributed by atoms with Crippen LogP contribution in [0.15, 0.2) is 18.2 Å². The van der Waals surface area contributed by atoms with E-state index in [1.807, 2.05) is 0 Å². The van der Waals surface area contributed by atoms with E-state index >= 15 is 0 Å². The number of aryl methyl sites for hydroxylation is 1. The largest absolute Gasteiger partial charge is 0.330 e. The van der Waals surface area contributed by atoms with Crippen molar-refractivity contribution in [2.45, 2.75) is 104 Å². The highest BCUT2D eigenvalue weighted by Crippen LogP contribution is 2.52. The van der Waals surface area contributed by atoms with Gasteiger partial charge in [-0.05, 0) is 90.8 Å². The van der Waals surface area contributed by atoms with E-state index in [1.165, 1.54) is 75.3 Å². The smallest absolute Gasteiger partial charge is 0.0443 e. The molecular weight excluding hydrogens is 374 g/mol. The average Bonchev–Trinajstić information content (AvgIpc) is 2.63. The summed E-state index contributed by atoms with van der Waals surface area (Å²) in [5, 5.41) is 0.989. The highest BCUT2D eigenvalue weighted by atomic mass is 35.5. The van der Waals surface area contributed by atoms with Crippen LogP contribution in [0, 0.1) is 22.7 Å². The summed E-state index contributed by atoms with van der Waals surface area (Å²) in [4.78, 5) is 0. The number of nitrogens with two attached hydrogens (primary N) is 1. The molecule has 0 saturated heterocycles. The molecule has 0 aromatic heterocycles. The molecule has 29 heavy (non-hydrogen) atoms. The molecule has 2 saturated carbocycles. The fourth-order valence-electron chi connectivity index (χ4n) is 6.84. The maximum atomic E-state index is 6.82. The first kappa shape index (κ1) is 23.1. The molecule has 1 atom stereocenters. The first-order valence-corrected chi connectivity index (χ1v) is 12.6. The number of halogens is 1. The van der Waals surface area contributed by atoms with Crippen LogP contribution in [0.4, 0.5) is 0 Å². The first-order valence-electron chi connectivity index (χ1n) is 12.2. The van der Waals surface area contributed by atoms with E-state index in [4.69, 9.17) is 17.3 Å². The van der Waals surface area contributed by atoms with E-state index in [9.17, 15) is 0 Å². The van der Waals surface area contributed by atoms with Gasteiger partial charge in [0.2, 0.25) is 0 Å². The zero-order chi connectivity index (χ0) is 21.1. The molecule has 0 bridgehead atoms. The van der Waals surface area contributed by atoms with Crippen LogP contribution in [0.5, 0.6) is 0 Å². The van der Waals surface area contributed by atoms with Gasteiger partial charge in [0.05, 0.1) is 0 Å². The summed E-state index contributed by atoms with van der Waals surface area (Å²) in [5.41, 5.74) is 9.69. The zero-order valence-electron chi connectivity index (χ0n) is 19.4. The van der Waals surface area contributed by atoms with Crippen LogP contribution in [0.1, 0.15) is 109 Å². The molecule has 1 unspecified atom stereocenters. The molecule has 2 heteroatoms. The molecule has 0 spiro atoms. The van der Waals surface area contributed by atoms with E-state index in [-0.39, 0.29) is 0 Å². The Kier molecular flexibility index (Phi) is 7.77. The molecule has 1 aromatic carbocycles. The monoisotopic (exact) mass is 417 g/mol. The van der Waals surface area contributed by atoms with Crippen LogP contribution in [0.25, 0.3) is 0 Å². The van der Waals surface area contributed by atoms with Crippen molar-refractivity contribution in [3.05, 3.63) is 34.3 Å². The standard InChI is InChI=1S/C27H44ClN/c1-26(2)16-23(17-27(3,4)19-26)24-14-13-20(15-25(24)28)9-8-12-22(18-29)21-10-6-5-7-11-21/h13-15,21-23H,5-12,16-19,29H2,1-4H3. The van der Waals surface area contributed by atoms with Gasteiger partial charge in [-0.2, -0.15) is 0 Å². The van der Waals surface area contributed by atoms with Crippen molar-refractivity contribution in [3.63, 3.8) is 0 Å². The predicted octanol–water partition coefficient (Wildman–Crippen LogP) is 8.14. The van der Waals surface area contributed by atoms with E-state index in [2.05, 4.69) is 45.9 Å². The van der Waals surface area contributed by atoms with Crippen molar-refractivity contribution < 1.29 is 0 Å². The third kappa shape index (κ3) is 6.47. The molecule has 2 aliphatic carbocycles. The molecular formula is C27H44ClN. The van der Waals surface area contributed by atoms with E-state index < -0.39 is 0 Å². The van der Waals surface area contributed by atoms with Crippen molar-refractivity contribution in [1.82, 2.24) is 0 Å². The van der Waals surface area contributed by atoms with Crippen LogP contribution >= 0.6 is 11.6 Å². The summed E-state index contributed by atoms with van der Waals surface area (Å²) in [6.45, 7) is 10.5. The van der Waals surface area contributed by atoms with Crippen LogP contribution < -0.4 is 5.73 Å². The second kappa shape index (κ2) is 9.73. The summed E-state index contributed by atoms with van der Waals surface area (Å²) < 4.78 is 0. The predicted molar refractivity (Wildman–Crippen MR) is 128 cm³/mol. The Balaban J connectivity index is 1.58. The summed E-state index contributed by atoms with van der Waals surface area (Å²) >= 11 is 6.82. The van der Waals surface area contributed by atoms with Gasteiger partial charge in [0, 0.05) is 5.02 Å².